The molecule has 40 heavy (non-hydrogen) atoms. The Kier molecular flexibility index (Phi) is 9.37. The minimum absolute atomic E-state index is 0.104. The standard InChI is InChI=1S/C31H38N4O5/c1-5-39-20-21-15-16-25(24-13-7-6-12-23(21)24)28(36)34-26-14-10-17-32-27(26)29(37)33-19-22-11-8-9-18-35(22)30(38)40-31(2,3)4/h6-7,10,12-17,22H,5,8-9,11,18-20H2,1-4H3,(H,33,37)(H,34,36). The maximum absolute atomic E-state index is 13.4. The average Bonchev–Trinajstić information content (AvgIpc) is 2.94. The fourth-order valence-electron chi connectivity index (χ4n) is 4.84. The monoisotopic (exact) mass is 546 g/mol. The highest BCUT2D eigenvalue weighted by atomic mass is 16.6. The van der Waals surface area contributed by atoms with Gasteiger partial charge in [-0.25, -0.2) is 9.78 Å². The number of ether oxygens (including phenoxy) is 2. The predicted octanol–water partition coefficient (Wildman–Crippen LogP) is 5.54. The number of piperidine rings is 1. The van der Waals surface area contributed by atoms with Gasteiger partial charge in [-0.15, -0.1) is 0 Å². The zero-order valence-electron chi connectivity index (χ0n) is 23.7. The third-order valence-corrected chi connectivity index (χ3v) is 6.75. The molecule has 3 amide bonds. The molecule has 212 valence electrons. The second-order valence-corrected chi connectivity index (χ2v) is 10.8. The zero-order chi connectivity index (χ0) is 28.7. The van der Waals surface area contributed by atoms with Gasteiger partial charge >= 0.3 is 6.09 Å². The maximum Gasteiger partial charge on any atom is 0.410 e. The number of anilines is 1. The van der Waals surface area contributed by atoms with Crippen LogP contribution in [0.4, 0.5) is 10.5 Å². The van der Waals surface area contributed by atoms with E-state index < -0.39 is 11.5 Å². The number of amides is 3. The third kappa shape index (κ3) is 7.15. The molecule has 1 unspecified atom stereocenters. The summed E-state index contributed by atoms with van der Waals surface area (Å²) in [6.07, 6.45) is 3.74. The first-order valence-electron chi connectivity index (χ1n) is 13.8. The van der Waals surface area contributed by atoms with Crippen LogP contribution in [0.25, 0.3) is 10.8 Å². The number of aromatic nitrogens is 1. The number of rotatable bonds is 8. The first-order valence-corrected chi connectivity index (χ1v) is 13.8. The van der Waals surface area contributed by atoms with E-state index in [0.29, 0.717) is 31.0 Å². The van der Waals surface area contributed by atoms with Gasteiger partial charge in [0.25, 0.3) is 11.8 Å². The van der Waals surface area contributed by atoms with Crippen LogP contribution in [0.15, 0.2) is 54.7 Å². The minimum atomic E-state index is -0.599. The van der Waals surface area contributed by atoms with Gasteiger partial charge in [0, 0.05) is 31.5 Å². The summed E-state index contributed by atoms with van der Waals surface area (Å²) in [6, 6.07) is 14.5. The van der Waals surface area contributed by atoms with Crippen LogP contribution in [0.2, 0.25) is 0 Å². The number of nitrogens with one attached hydrogen (secondary N) is 2. The Morgan fingerprint density at radius 1 is 1.00 bits per heavy atom. The van der Waals surface area contributed by atoms with E-state index in [9.17, 15) is 14.4 Å². The summed E-state index contributed by atoms with van der Waals surface area (Å²) >= 11 is 0. The SMILES string of the molecule is CCOCc1ccc(C(=O)Nc2cccnc2C(=O)NCC2CCCCN2C(=O)OC(C)(C)C)c2ccccc12. The number of nitrogens with zero attached hydrogens (tertiary/aromatic N) is 2. The summed E-state index contributed by atoms with van der Waals surface area (Å²) < 4.78 is 11.2. The highest BCUT2D eigenvalue weighted by Gasteiger charge is 2.31. The van der Waals surface area contributed by atoms with Crippen molar-refractivity contribution in [2.24, 2.45) is 0 Å². The van der Waals surface area contributed by atoms with Gasteiger partial charge in [0.1, 0.15) is 5.60 Å². The van der Waals surface area contributed by atoms with Crippen molar-refractivity contribution in [3.8, 4) is 0 Å². The first kappa shape index (κ1) is 29.0. The maximum atomic E-state index is 13.4. The highest BCUT2D eigenvalue weighted by molar-refractivity contribution is 6.15. The van der Waals surface area contributed by atoms with E-state index in [1.165, 1.54) is 6.20 Å². The molecular weight excluding hydrogens is 508 g/mol. The number of hydrogen-bond acceptors (Lipinski definition) is 6. The van der Waals surface area contributed by atoms with Gasteiger partial charge in [0.05, 0.1) is 18.3 Å². The Morgan fingerprint density at radius 3 is 2.52 bits per heavy atom. The number of likely N-dealkylation sites (tertiary alicyclic amines) is 1. The van der Waals surface area contributed by atoms with Crippen molar-refractivity contribution in [3.05, 3.63) is 71.5 Å². The van der Waals surface area contributed by atoms with Gasteiger partial charge in [0.2, 0.25) is 0 Å². The van der Waals surface area contributed by atoms with Crippen LogP contribution < -0.4 is 10.6 Å². The fourth-order valence-corrected chi connectivity index (χ4v) is 4.84. The molecule has 2 aromatic carbocycles. The third-order valence-electron chi connectivity index (χ3n) is 6.75. The molecule has 2 heterocycles. The quantitative estimate of drug-likeness (QED) is 0.384. The van der Waals surface area contributed by atoms with E-state index in [1.54, 1.807) is 23.1 Å². The molecule has 4 rings (SSSR count). The van der Waals surface area contributed by atoms with E-state index in [-0.39, 0.29) is 30.3 Å². The van der Waals surface area contributed by atoms with Crippen LogP contribution in [0, 0.1) is 0 Å². The number of carbonyl (C=O) groups excluding carboxylic acids is 3. The van der Waals surface area contributed by atoms with Crippen molar-refractivity contribution in [2.45, 2.75) is 65.2 Å². The molecule has 0 radical (unpaired) electrons. The fraction of sp³-hybridized carbons (Fsp3) is 0.419. The van der Waals surface area contributed by atoms with Crippen LogP contribution in [0.3, 0.4) is 0 Å². The molecule has 0 aliphatic carbocycles. The lowest BCUT2D eigenvalue weighted by Gasteiger charge is -2.36. The molecule has 1 aliphatic heterocycles. The molecule has 1 aromatic heterocycles. The molecular formula is C31H38N4O5. The smallest absolute Gasteiger partial charge is 0.410 e. The minimum Gasteiger partial charge on any atom is -0.444 e. The van der Waals surface area contributed by atoms with Gasteiger partial charge in [0.15, 0.2) is 5.69 Å². The number of hydrogen-bond donors (Lipinski definition) is 2. The number of benzene rings is 2. The van der Waals surface area contributed by atoms with E-state index in [1.807, 2.05) is 58.0 Å². The van der Waals surface area contributed by atoms with Gasteiger partial charge in [-0.2, -0.15) is 0 Å². The molecule has 1 saturated heterocycles. The van der Waals surface area contributed by atoms with Gasteiger partial charge in [-0.3, -0.25) is 9.59 Å². The Morgan fingerprint density at radius 2 is 1.77 bits per heavy atom. The summed E-state index contributed by atoms with van der Waals surface area (Å²) in [5.74, 6) is -0.771. The first-order chi connectivity index (χ1) is 19.2. The Labute approximate surface area is 235 Å². The molecule has 9 heteroatoms. The van der Waals surface area contributed by atoms with Crippen LogP contribution in [-0.4, -0.2) is 59.1 Å². The van der Waals surface area contributed by atoms with Crippen LogP contribution >= 0.6 is 0 Å². The Bertz CT molecular complexity index is 1370. The Hall–Kier alpha value is -3.98. The molecule has 0 saturated carbocycles. The van der Waals surface area contributed by atoms with Crippen molar-refractivity contribution in [2.75, 3.05) is 25.0 Å². The van der Waals surface area contributed by atoms with Crippen molar-refractivity contribution >= 4 is 34.4 Å². The predicted molar refractivity (Wildman–Crippen MR) is 154 cm³/mol. The lowest BCUT2D eigenvalue weighted by Crippen LogP contribution is -2.50. The summed E-state index contributed by atoms with van der Waals surface area (Å²) in [5, 5.41) is 7.52. The lowest BCUT2D eigenvalue weighted by molar-refractivity contribution is 0.00984. The summed E-state index contributed by atoms with van der Waals surface area (Å²) in [7, 11) is 0. The summed E-state index contributed by atoms with van der Waals surface area (Å²) in [4.78, 5) is 45.3. The van der Waals surface area contributed by atoms with Crippen molar-refractivity contribution < 1.29 is 23.9 Å². The molecule has 2 N–H and O–H groups in total. The molecule has 3 aromatic rings. The van der Waals surface area contributed by atoms with Gasteiger partial charge < -0.3 is 25.0 Å². The van der Waals surface area contributed by atoms with E-state index in [4.69, 9.17) is 9.47 Å². The molecule has 1 aliphatic rings. The average molecular weight is 547 g/mol. The largest absolute Gasteiger partial charge is 0.444 e. The highest BCUT2D eigenvalue weighted by Crippen LogP contribution is 2.25. The normalized spacial score (nSPS) is 15.5. The topological polar surface area (TPSA) is 110 Å². The molecule has 0 spiro atoms. The number of fused-ring (bicyclic) bond motifs is 1. The van der Waals surface area contributed by atoms with Crippen molar-refractivity contribution in [3.63, 3.8) is 0 Å². The second-order valence-electron chi connectivity index (χ2n) is 10.8. The van der Waals surface area contributed by atoms with Crippen LogP contribution in [0.5, 0.6) is 0 Å². The van der Waals surface area contributed by atoms with Crippen molar-refractivity contribution in [1.82, 2.24) is 15.2 Å². The van der Waals surface area contributed by atoms with E-state index in [2.05, 4.69) is 15.6 Å². The van der Waals surface area contributed by atoms with Crippen LogP contribution in [0.1, 0.15) is 73.4 Å². The molecule has 0 bridgehead atoms. The lowest BCUT2D eigenvalue weighted by atomic mass is 9.99. The summed E-state index contributed by atoms with van der Waals surface area (Å²) in [5.41, 5.74) is 1.30. The van der Waals surface area contributed by atoms with Gasteiger partial charge in [-0.1, -0.05) is 30.3 Å². The molecule has 9 nitrogen and oxygen atoms in total. The van der Waals surface area contributed by atoms with Gasteiger partial charge in [-0.05, 0) is 81.5 Å². The molecule has 1 fully saturated rings. The Balaban J connectivity index is 1.48. The molecule has 1 atom stereocenters. The number of carbonyl (C=O) groups is 3. The summed E-state index contributed by atoms with van der Waals surface area (Å²) in [6.45, 7) is 9.34. The van der Waals surface area contributed by atoms with Crippen molar-refractivity contribution in [1.29, 1.82) is 0 Å². The second kappa shape index (κ2) is 12.9. The number of pyridine rings is 1. The van der Waals surface area contributed by atoms with E-state index >= 15 is 0 Å². The van der Waals surface area contributed by atoms with E-state index in [0.717, 1.165) is 35.6 Å². The zero-order valence-corrected chi connectivity index (χ0v) is 23.7. The van der Waals surface area contributed by atoms with Crippen LogP contribution in [-0.2, 0) is 16.1 Å².